The normalized spacial score (nSPS) is 14.6. The molecular formula is C15H26N2S. The van der Waals surface area contributed by atoms with E-state index in [0.717, 1.165) is 17.1 Å². The number of rotatable bonds is 6. The maximum atomic E-state index is 4.59. The fourth-order valence-corrected chi connectivity index (χ4v) is 3.34. The van der Waals surface area contributed by atoms with Gasteiger partial charge in [0.1, 0.15) is 0 Å². The summed E-state index contributed by atoms with van der Waals surface area (Å²) in [4.78, 5) is 4.59. The Hall–Kier alpha value is -0.540. The van der Waals surface area contributed by atoms with Crippen LogP contribution in [0.1, 0.15) is 48.8 Å². The molecule has 0 aliphatic heterocycles. The van der Waals surface area contributed by atoms with E-state index in [4.69, 9.17) is 0 Å². The SMILES string of the molecule is CCC(CSC)NC(C)c1c(C)cc(C)nc1C. The Labute approximate surface area is 116 Å². The van der Waals surface area contributed by atoms with Gasteiger partial charge in [-0.3, -0.25) is 4.98 Å². The molecule has 2 atom stereocenters. The molecule has 0 aliphatic carbocycles. The number of nitrogens with one attached hydrogen (secondary N) is 1. The van der Waals surface area contributed by atoms with Crippen LogP contribution in [0.25, 0.3) is 0 Å². The van der Waals surface area contributed by atoms with Crippen LogP contribution in [0.2, 0.25) is 0 Å². The molecule has 1 heterocycles. The van der Waals surface area contributed by atoms with Gasteiger partial charge in [0, 0.05) is 29.2 Å². The maximum Gasteiger partial charge on any atom is 0.0426 e. The molecule has 1 aromatic heterocycles. The van der Waals surface area contributed by atoms with E-state index < -0.39 is 0 Å². The van der Waals surface area contributed by atoms with Gasteiger partial charge in [-0.05, 0) is 57.6 Å². The van der Waals surface area contributed by atoms with Crippen LogP contribution in [0.4, 0.5) is 0 Å². The Balaban J connectivity index is 2.86. The van der Waals surface area contributed by atoms with Crippen molar-refractivity contribution in [1.82, 2.24) is 10.3 Å². The van der Waals surface area contributed by atoms with Crippen molar-refractivity contribution in [3.05, 3.63) is 28.6 Å². The molecule has 0 fully saturated rings. The second-order valence-electron chi connectivity index (χ2n) is 5.03. The van der Waals surface area contributed by atoms with E-state index in [1.807, 2.05) is 11.8 Å². The summed E-state index contributed by atoms with van der Waals surface area (Å²) in [6.45, 7) is 10.8. The lowest BCUT2D eigenvalue weighted by Gasteiger charge is -2.24. The summed E-state index contributed by atoms with van der Waals surface area (Å²) in [5.41, 5.74) is 4.97. The molecule has 0 aliphatic rings. The van der Waals surface area contributed by atoms with E-state index in [1.165, 1.54) is 17.5 Å². The number of pyridine rings is 1. The van der Waals surface area contributed by atoms with Crippen LogP contribution in [0, 0.1) is 20.8 Å². The molecule has 2 unspecified atom stereocenters. The van der Waals surface area contributed by atoms with Crippen molar-refractivity contribution in [3.63, 3.8) is 0 Å². The van der Waals surface area contributed by atoms with Crippen molar-refractivity contribution in [2.24, 2.45) is 0 Å². The standard InChI is InChI=1S/C15H26N2S/c1-7-14(9-18-6)17-13(5)15-10(2)8-11(3)16-12(15)4/h8,13-14,17H,7,9H2,1-6H3. The highest BCUT2D eigenvalue weighted by molar-refractivity contribution is 7.98. The fourth-order valence-electron chi connectivity index (χ4n) is 2.61. The molecule has 0 spiro atoms. The van der Waals surface area contributed by atoms with Crippen LogP contribution in [-0.4, -0.2) is 23.0 Å². The first-order valence-electron chi connectivity index (χ1n) is 6.69. The lowest BCUT2D eigenvalue weighted by Crippen LogP contribution is -2.33. The van der Waals surface area contributed by atoms with Crippen molar-refractivity contribution in [2.75, 3.05) is 12.0 Å². The quantitative estimate of drug-likeness (QED) is 0.848. The molecule has 1 rings (SSSR count). The highest BCUT2D eigenvalue weighted by Crippen LogP contribution is 2.22. The molecule has 1 N–H and O–H groups in total. The third-order valence-corrected chi connectivity index (χ3v) is 4.10. The number of aryl methyl sites for hydroxylation is 3. The first-order chi connectivity index (χ1) is 8.49. The number of hydrogen-bond acceptors (Lipinski definition) is 3. The molecule has 3 heteroatoms. The highest BCUT2D eigenvalue weighted by Gasteiger charge is 2.16. The zero-order chi connectivity index (χ0) is 13.7. The Morgan fingerprint density at radius 1 is 1.33 bits per heavy atom. The average Bonchev–Trinajstić information content (AvgIpc) is 2.26. The van der Waals surface area contributed by atoms with Gasteiger partial charge in [0.15, 0.2) is 0 Å². The predicted molar refractivity (Wildman–Crippen MR) is 82.5 cm³/mol. The van der Waals surface area contributed by atoms with Gasteiger partial charge in [0.2, 0.25) is 0 Å². The molecule has 0 radical (unpaired) electrons. The molecule has 0 aromatic carbocycles. The molecule has 1 aromatic rings. The van der Waals surface area contributed by atoms with Crippen LogP contribution < -0.4 is 5.32 Å². The highest BCUT2D eigenvalue weighted by atomic mass is 32.2. The summed E-state index contributed by atoms with van der Waals surface area (Å²) >= 11 is 1.90. The van der Waals surface area contributed by atoms with Crippen LogP contribution in [0.15, 0.2) is 6.07 Å². The average molecular weight is 266 g/mol. The third-order valence-electron chi connectivity index (χ3n) is 3.36. The van der Waals surface area contributed by atoms with Crippen molar-refractivity contribution >= 4 is 11.8 Å². The van der Waals surface area contributed by atoms with E-state index >= 15 is 0 Å². The summed E-state index contributed by atoms with van der Waals surface area (Å²) in [5.74, 6) is 1.16. The zero-order valence-corrected chi connectivity index (χ0v) is 13.3. The lowest BCUT2D eigenvalue weighted by atomic mass is 9.99. The minimum Gasteiger partial charge on any atom is -0.307 e. The first kappa shape index (κ1) is 15.5. The summed E-state index contributed by atoms with van der Waals surface area (Å²) in [7, 11) is 0. The Morgan fingerprint density at radius 3 is 2.50 bits per heavy atom. The first-order valence-corrected chi connectivity index (χ1v) is 8.08. The minimum atomic E-state index is 0.371. The largest absolute Gasteiger partial charge is 0.307 e. The number of aromatic nitrogens is 1. The summed E-state index contributed by atoms with van der Waals surface area (Å²) < 4.78 is 0. The monoisotopic (exact) mass is 266 g/mol. The third kappa shape index (κ3) is 3.99. The van der Waals surface area contributed by atoms with Crippen LogP contribution in [-0.2, 0) is 0 Å². The maximum absolute atomic E-state index is 4.59. The molecule has 2 nitrogen and oxygen atoms in total. The van der Waals surface area contributed by atoms with Crippen LogP contribution in [0.3, 0.4) is 0 Å². The lowest BCUT2D eigenvalue weighted by molar-refractivity contribution is 0.471. The minimum absolute atomic E-state index is 0.371. The molecule has 0 saturated carbocycles. The van der Waals surface area contributed by atoms with E-state index in [2.05, 4.69) is 57.2 Å². The van der Waals surface area contributed by atoms with Crippen LogP contribution in [0.5, 0.6) is 0 Å². The summed E-state index contributed by atoms with van der Waals surface area (Å²) in [5, 5.41) is 3.72. The Morgan fingerprint density at radius 2 is 2.00 bits per heavy atom. The van der Waals surface area contributed by atoms with Gasteiger partial charge in [-0.15, -0.1) is 0 Å². The predicted octanol–water partition coefficient (Wildman–Crippen LogP) is 3.80. The topological polar surface area (TPSA) is 24.9 Å². The second kappa shape index (κ2) is 7.15. The molecule has 0 bridgehead atoms. The molecular weight excluding hydrogens is 240 g/mol. The van der Waals surface area contributed by atoms with Gasteiger partial charge >= 0.3 is 0 Å². The zero-order valence-electron chi connectivity index (χ0n) is 12.5. The second-order valence-corrected chi connectivity index (χ2v) is 5.94. The van der Waals surface area contributed by atoms with E-state index in [-0.39, 0.29) is 0 Å². The van der Waals surface area contributed by atoms with E-state index in [0.29, 0.717) is 12.1 Å². The van der Waals surface area contributed by atoms with E-state index in [1.54, 1.807) is 0 Å². The van der Waals surface area contributed by atoms with Gasteiger partial charge in [-0.25, -0.2) is 0 Å². The number of nitrogens with zero attached hydrogens (tertiary/aromatic N) is 1. The van der Waals surface area contributed by atoms with Gasteiger partial charge < -0.3 is 5.32 Å². The van der Waals surface area contributed by atoms with Crippen molar-refractivity contribution < 1.29 is 0 Å². The summed E-state index contributed by atoms with van der Waals surface area (Å²) in [6.07, 6.45) is 3.33. The fraction of sp³-hybridized carbons (Fsp3) is 0.667. The molecule has 18 heavy (non-hydrogen) atoms. The number of thioether (sulfide) groups is 1. The van der Waals surface area contributed by atoms with Crippen molar-refractivity contribution in [1.29, 1.82) is 0 Å². The number of hydrogen-bond donors (Lipinski definition) is 1. The van der Waals surface area contributed by atoms with Gasteiger partial charge in [0.25, 0.3) is 0 Å². The Bertz CT molecular complexity index is 367. The molecule has 102 valence electrons. The van der Waals surface area contributed by atoms with Gasteiger partial charge in [0.05, 0.1) is 0 Å². The Kier molecular flexibility index (Phi) is 6.16. The van der Waals surface area contributed by atoms with E-state index in [9.17, 15) is 0 Å². The van der Waals surface area contributed by atoms with Gasteiger partial charge in [-0.1, -0.05) is 6.92 Å². The summed E-state index contributed by atoms with van der Waals surface area (Å²) in [6, 6.07) is 3.13. The van der Waals surface area contributed by atoms with Crippen molar-refractivity contribution in [2.45, 2.75) is 53.1 Å². The van der Waals surface area contributed by atoms with Crippen LogP contribution >= 0.6 is 11.8 Å². The van der Waals surface area contributed by atoms with Gasteiger partial charge in [-0.2, -0.15) is 11.8 Å². The molecule has 0 amide bonds. The molecule has 0 saturated heterocycles. The smallest absolute Gasteiger partial charge is 0.0426 e. The van der Waals surface area contributed by atoms with Crippen molar-refractivity contribution in [3.8, 4) is 0 Å².